The molecule has 0 aromatic carbocycles. The fourth-order valence-corrected chi connectivity index (χ4v) is 1.12. The summed E-state index contributed by atoms with van der Waals surface area (Å²) in [7, 11) is 0. The van der Waals surface area contributed by atoms with Gasteiger partial charge in [0.15, 0.2) is 0 Å². The van der Waals surface area contributed by atoms with Crippen LogP contribution in [0.1, 0.15) is 25.7 Å². The molecule has 0 aliphatic heterocycles. The largest absolute Gasteiger partial charge is 0.383 e. The van der Waals surface area contributed by atoms with Crippen LogP contribution in [0.15, 0.2) is 0 Å². The molecule has 0 amide bonds. The van der Waals surface area contributed by atoms with Crippen molar-refractivity contribution in [1.82, 2.24) is 0 Å². The van der Waals surface area contributed by atoms with Crippen molar-refractivity contribution in [3.8, 4) is 0 Å². The average Bonchev–Trinajstić information content (AvgIpc) is 2.52. The van der Waals surface area contributed by atoms with Gasteiger partial charge in [-0.05, 0) is 12.8 Å². The number of nitrogens with one attached hydrogen (secondary N) is 1. The summed E-state index contributed by atoms with van der Waals surface area (Å²) >= 11 is 0. The molecule has 1 aliphatic carbocycles. The highest BCUT2D eigenvalue weighted by Crippen LogP contribution is 2.20. The van der Waals surface area contributed by atoms with Crippen LogP contribution in [0.25, 0.3) is 0 Å². The smallest absolute Gasteiger partial charge is 0.301 e. The summed E-state index contributed by atoms with van der Waals surface area (Å²) in [5.41, 5.74) is 0. The molecule has 0 saturated heterocycles. The van der Waals surface area contributed by atoms with Crippen molar-refractivity contribution in [2.24, 2.45) is 0 Å². The SMILES string of the molecule is N=CC(=O)OOC1CCCC1. The molecular formula is C7H11NO3. The first-order valence-corrected chi connectivity index (χ1v) is 3.70. The number of hydrogen-bond acceptors (Lipinski definition) is 4. The van der Waals surface area contributed by atoms with Gasteiger partial charge in [-0.2, -0.15) is 4.89 Å². The van der Waals surface area contributed by atoms with Gasteiger partial charge in [-0.3, -0.25) is 4.89 Å². The van der Waals surface area contributed by atoms with Gasteiger partial charge in [0.1, 0.15) is 12.3 Å². The maximum Gasteiger partial charge on any atom is 0.383 e. The molecule has 1 N–H and O–H groups in total. The Morgan fingerprint density at radius 3 is 2.64 bits per heavy atom. The van der Waals surface area contributed by atoms with Gasteiger partial charge in [-0.1, -0.05) is 12.8 Å². The second-order valence-electron chi connectivity index (χ2n) is 2.55. The van der Waals surface area contributed by atoms with E-state index in [0.717, 1.165) is 25.7 Å². The highest BCUT2D eigenvalue weighted by Gasteiger charge is 2.17. The first kappa shape index (κ1) is 8.20. The summed E-state index contributed by atoms with van der Waals surface area (Å²) in [5, 5.41) is 6.50. The van der Waals surface area contributed by atoms with E-state index in [2.05, 4.69) is 4.89 Å². The van der Waals surface area contributed by atoms with Crippen LogP contribution in [-0.4, -0.2) is 18.3 Å². The summed E-state index contributed by atoms with van der Waals surface area (Å²) in [6, 6.07) is 0. The fourth-order valence-electron chi connectivity index (χ4n) is 1.12. The maximum atomic E-state index is 10.4. The Bertz CT molecular complexity index is 152. The summed E-state index contributed by atoms with van der Waals surface area (Å²) in [6.07, 6.45) is 4.81. The number of carbonyl (C=O) groups excluding carboxylic acids is 1. The molecule has 4 heteroatoms. The van der Waals surface area contributed by atoms with Crippen LogP contribution < -0.4 is 0 Å². The third-order valence-electron chi connectivity index (χ3n) is 1.69. The zero-order chi connectivity index (χ0) is 8.10. The van der Waals surface area contributed by atoms with E-state index in [1.54, 1.807) is 0 Å². The van der Waals surface area contributed by atoms with Crippen molar-refractivity contribution in [3.05, 3.63) is 0 Å². The highest BCUT2D eigenvalue weighted by atomic mass is 17.2. The Morgan fingerprint density at radius 2 is 2.09 bits per heavy atom. The molecule has 1 fully saturated rings. The van der Waals surface area contributed by atoms with E-state index in [-0.39, 0.29) is 6.10 Å². The van der Waals surface area contributed by atoms with Crippen LogP contribution in [0, 0.1) is 5.41 Å². The summed E-state index contributed by atoms with van der Waals surface area (Å²) < 4.78 is 0. The van der Waals surface area contributed by atoms with Crippen LogP contribution in [0.3, 0.4) is 0 Å². The molecule has 0 unspecified atom stereocenters. The molecule has 0 spiro atoms. The lowest BCUT2D eigenvalue weighted by Crippen LogP contribution is -2.13. The van der Waals surface area contributed by atoms with E-state index in [4.69, 9.17) is 10.3 Å². The molecule has 1 saturated carbocycles. The predicted octanol–water partition coefficient (Wildman–Crippen LogP) is 1.05. The number of rotatable bonds is 3. The lowest BCUT2D eigenvalue weighted by molar-refractivity contribution is -0.290. The quantitative estimate of drug-likeness (QED) is 0.378. The van der Waals surface area contributed by atoms with Gasteiger partial charge < -0.3 is 5.41 Å². The molecule has 4 nitrogen and oxygen atoms in total. The summed E-state index contributed by atoms with van der Waals surface area (Å²) in [4.78, 5) is 19.4. The number of hydrogen-bond donors (Lipinski definition) is 1. The van der Waals surface area contributed by atoms with Gasteiger partial charge >= 0.3 is 5.97 Å². The average molecular weight is 157 g/mol. The van der Waals surface area contributed by atoms with Gasteiger partial charge in [0.25, 0.3) is 0 Å². The van der Waals surface area contributed by atoms with Gasteiger partial charge in [-0.25, -0.2) is 4.79 Å². The molecule has 1 rings (SSSR count). The molecule has 11 heavy (non-hydrogen) atoms. The zero-order valence-electron chi connectivity index (χ0n) is 6.21. The topological polar surface area (TPSA) is 59.4 Å². The van der Waals surface area contributed by atoms with Crippen molar-refractivity contribution in [3.63, 3.8) is 0 Å². The molecule has 62 valence electrons. The lowest BCUT2D eigenvalue weighted by atomic mass is 10.3. The van der Waals surface area contributed by atoms with Crippen molar-refractivity contribution in [2.75, 3.05) is 0 Å². The van der Waals surface area contributed by atoms with E-state index in [1.165, 1.54) is 0 Å². The molecule has 0 aromatic heterocycles. The van der Waals surface area contributed by atoms with E-state index in [0.29, 0.717) is 6.21 Å². The van der Waals surface area contributed by atoms with Crippen molar-refractivity contribution >= 4 is 12.2 Å². The maximum absolute atomic E-state index is 10.4. The fraction of sp³-hybridized carbons (Fsp3) is 0.714. The van der Waals surface area contributed by atoms with Crippen LogP contribution in [0.2, 0.25) is 0 Å². The first-order valence-electron chi connectivity index (χ1n) is 3.70. The predicted molar refractivity (Wildman–Crippen MR) is 38.2 cm³/mol. The monoisotopic (exact) mass is 157 g/mol. The molecule has 0 radical (unpaired) electrons. The molecule has 0 aromatic rings. The van der Waals surface area contributed by atoms with Gasteiger partial charge in [0.05, 0.1) is 0 Å². The third-order valence-corrected chi connectivity index (χ3v) is 1.69. The van der Waals surface area contributed by atoms with Crippen LogP contribution in [0.5, 0.6) is 0 Å². The van der Waals surface area contributed by atoms with Crippen LogP contribution in [0.4, 0.5) is 0 Å². The minimum absolute atomic E-state index is 0.0545. The van der Waals surface area contributed by atoms with E-state index < -0.39 is 5.97 Å². The number of carbonyl (C=O) groups is 1. The van der Waals surface area contributed by atoms with Crippen molar-refractivity contribution in [1.29, 1.82) is 5.41 Å². The molecule has 0 bridgehead atoms. The Kier molecular flexibility index (Phi) is 3.04. The Morgan fingerprint density at radius 1 is 1.45 bits per heavy atom. The lowest BCUT2D eigenvalue weighted by Gasteiger charge is -2.06. The van der Waals surface area contributed by atoms with Gasteiger partial charge in [0.2, 0.25) is 0 Å². The Balaban J connectivity index is 2.10. The second-order valence-corrected chi connectivity index (χ2v) is 2.55. The summed E-state index contributed by atoms with van der Waals surface area (Å²) in [6.45, 7) is 0. The highest BCUT2D eigenvalue weighted by molar-refractivity contribution is 6.21. The van der Waals surface area contributed by atoms with Gasteiger partial charge in [-0.15, -0.1) is 0 Å². The molecule has 1 aliphatic rings. The molecule has 0 atom stereocenters. The first-order chi connectivity index (χ1) is 5.33. The van der Waals surface area contributed by atoms with E-state index in [1.807, 2.05) is 0 Å². The third kappa shape index (κ3) is 2.67. The minimum atomic E-state index is -0.739. The van der Waals surface area contributed by atoms with Crippen molar-refractivity contribution < 1.29 is 14.6 Å². The van der Waals surface area contributed by atoms with Crippen LogP contribution in [-0.2, 0) is 14.6 Å². The second kappa shape index (κ2) is 4.08. The Hall–Kier alpha value is -0.900. The zero-order valence-corrected chi connectivity index (χ0v) is 6.21. The van der Waals surface area contributed by atoms with Gasteiger partial charge in [0, 0.05) is 0 Å². The standard InChI is InChI=1S/C7H11NO3/c8-5-7(9)11-10-6-3-1-2-4-6/h5-6,8H,1-4H2. The van der Waals surface area contributed by atoms with E-state index in [9.17, 15) is 4.79 Å². The molecular weight excluding hydrogens is 146 g/mol. The molecule has 0 heterocycles. The minimum Gasteiger partial charge on any atom is -0.301 e. The van der Waals surface area contributed by atoms with Crippen LogP contribution >= 0.6 is 0 Å². The summed E-state index contributed by atoms with van der Waals surface area (Å²) in [5.74, 6) is -0.739. The normalized spacial score (nSPS) is 18.2. The Labute approximate surface area is 64.9 Å². The van der Waals surface area contributed by atoms with Crippen molar-refractivity contribution in [2.45, 2.75) is 31.8 Å². The van der Waals surface area contributed by atoms with E-state index >= 15 is 0 Å².